The zero-order valence-electron chi connectivity index (χ0n) is 16.3. The average molecular weight is 371 g/mol. The molecule has 1 aromatic heterocycles. The molecule has 0 aliphatic carbocycles. The van der Waals surface area contributed by atoms with Gasteiger partial charge in [0.25, 0.3) is 5.91 Å². The maximum absolute atomic E-state index is 12.6. The van der Waals surface area contributed by atoms with Crippen molar-refractivity contribution in [2.75, 3.05) is 6.61 Å². The van der Waals surface area contributed by atoms with Crippen molar-refractivity contribution in [1.29, 1.82) is 0 Å². The van der Waals surface area contributed by atoms with E-state index in [1.54, 1.807) is 26.8 Å². The number of aryl methyl sites for hydroxylation is 1. The second-order valence-corrected chi connectivity index (χ2v) is 7.26. The van der Waals surface area contributed by atoms with Gasteiger partial charge in [0.05, 0.1) is 11.1 Å². The highest BCUT2D eigenvalue weighted by Crippen LogP contribution is 2.24. The Labute approximate surface area is 158 Å². The number of hydrogen-bond donors (Lipinski definition) is 2. The monoisotopic (exact) mass is 371 g/mol. The van der Waals surface area contributed by atoms with E-state index in [0.717, 1.165) is 11.3 Å². The van der Waals surface area contributed by atoms with Crippen LogP contribution in [0.3, 0.4) is 0 Å². The molecule has 0 atom stereocenters. The SMILES string of the molecule is CCc1nc2ccccc2c(C(=O)OCC(=O)NC(=O)NC(C)(C)C)c1C. The number of hydrogen-bond acceptors (Lipinski definition) is 5. The summed E-state index contributed by atoms with van der Waals surface area (Å²) < 4.78 is 5.15. The highest BCUT2D eigenvalue weighted by Gasteiger charge is 2.21. The summed E-state index contributed by atoms with van der Waals surface area (Å²) >= 11 is 0. The largest absolute Gasteiger partial charge is 0.452 e. The summed E-state index contributed by atoms with van der Waals surface area (Å²) in [6.07, 6.45) is 0.671. The van der Waals surface area contributed by atoms with Gasteiger partial charge in [0.15, 0.2) is 6.61 Å². The average Bonchev–Trinajstić information content (AvgIpc) is 2.57. The molecule has 0 radical (unpaired) electrons. The Kier molecular flexibility index (Phi) is 6.15. The Balaban J connectivity index is 2.13. The van der Waals surface area contributed by atoms with Gasteiger partial charge in [-0.3, -0.25) is 15.1 Å². The molecule has 0 bridgehead atoms. The molecule has 0 saturated heterocycles. The Morgan fingerprint density at radius 2 is 1.81 bits per heavy atom. The summed E-state index contributed by atoms with van der Waals surface area (Å²) in [5.74, 6) is -1.32. The number of pyridine rings is 1. The fraction of sp³-hybridized carbons (Fsp3) is 0.400. The number of imide groups is 1. The van der Waals surface area contributed by atoms with Gasteiger partial charge in [0.1, 0.15) is 0 Å². The molecule has 2 aromatic rings. The number of benzene rings is 1. The number of aromatic nitrogens is 1. The lowest BCUT2D eigenvalue weighted by molar-refractivity contribution is -0.123. The van der Waals surface area contributed by atoms with Gasteiger partial charge in [0, 0.05) is 16.6 Å². The molecule has 144 valence electrons. The normalized spacial score (nSPS) is 11.1. The standard InChI is InChI=1S/C20H25N3O4/c1-6-14-12(2)17(13-9-7-8-10-15(13)21-14)18(25)27-11-16(24)22-19(26)23-20(3,4)5/h7-10H,6,11H2,1-5H3,(H2,22,23,24,26). The number of ether oxygens (including phenoxy) is 1. The van der Waals surface area contributed by atoms with E-state index in [-0.39, 0.29) is 0 Å². The van der Waals surface area contributed by atoms with Crippen molar-refractivity contribution in [3.05, 3.63) is 41.1 Å². The number of carbonyl (C=O) groups excluding carboxylic acids is 3. The van der Waals surface area contributed by atoms with E-state index < -0.39 is 30.1 Å². The molecule has 2 rings (SSSR count). The molecule has 1 aromatic carbocycles. The summed E-state index contributed by atoms with van der Waals surface area (Å²) in [6.45, 7) is 8.60. The highest BCUT2D eigenvalue weighted by atomic mass is 16.5. The summed E-state index contributed by atoms with van der Waals surface area (Å²) in [5, 5.41) is 5.41. The van der Waals surface area contributed by atoms with Crippen LogP contribution in [0, 0.1) is 6.92 Å². The Bertz CT molecular complexity index is 885. The quantitative estimate of drug-likeness (QED) is 0.806. The Morgan fingerprint density at radius 1 is 1.15 bits per heavy atom. The van der Waals surface area contributed by atoms with Crippen molar-refractivity contribution in [2.45, 2.75) is 46.6 Å². The fourth-order valence-corrected chi connectivity index (χ4v) is 2.70. The number of nitrogens with one attached hydrogen (secondary N) is 2. The third kappa shape index (κ3) is 5.26. The van der Waals surface area contributed by atoms with Gasteiger partial charge in [-0.05, 0) is 45.7 Å². The lowest BCUT2D eigenvalue weighted by Gasteiger charge is -2.20. The van der Waals surface area contributed by atoms with E-state index in [9.17, 15) is 14.4 Å². The lowest BCUT2D eigenvalue weighted by Crippen LogP contribution is -2.49. The molecule has 0 aliphatic heterocycles. The summed E-state index contributed by atoms with van der Waals surface area (Å²) in [6, 6.07) is 6.65. The topological polar surface area (TPSA) is 97.4 Å². The van der Waals surface area contributed by atoms with Crippen LogP contribution < -0.4 is 10.6 Å². The minimum absolute atomic E-state index is 0.393. The van der Waals surface area contributed by atoms with Crippen molar-refractivity contribution >= 4 is 28.8 Å². The molecule has 0 saturated carbocycles. The van der Waals surface area contributed by atoms with Crippen LogP contribution in [0.5, 0.6) is 0 Å². The number of nitrogens with zero attached hydrogens (tertiary/aromatic N) is 1. The van der Waals surface area contributed by atoms with Crippen molar-refractivity contribution < 1.29 is 19.1 Å². The molecule has 3 amide bonds. The van der Waals surface area contributed by atoms with Crippen LogP contribution in [-0.4, -0.2) is 35.0 Å². The third-order valence-electron chi connectivity index (χ3n) is 3.85. The zero-order valence-corrected chi connectivity index (χ0v) is 16.3. The number of carbonyl (C=O) groups is 3. The van der Waals surface area contributed by atoms with Gasteiger partial charge in [-0.15, -0.1) is 0 Å². The molecule has 0 unspecified atom stereocenters. The van der Waals surface area contributed by atoms with Gasteiger partial charge in [-0.1, -0.05) is 25.1 Å². The zero-order chi connectivity index (χ0) is 20.2. The number of amides is 3. The van der Waals surface area contributed by atoms with Crippen molar-refractivity contribution in [3.8, 4) is 0 Å². The van der Waals surface area contributed by atoms with Crippen LogP contribution in [0.2, 0.25) is 0 Å². The first-order valence-corrected chi connectivity index (χ1v) is 8.79. The number of esters is 1. The van der Waals surface area contributed by atoms with Crippen molar-refractivity contribution in [2.24, 2.45) is 0 Å². The molecule has 2 N–H and O–H groups in total. The Hall–Kier alpha value is -2.96. The van der Waals surface area contributed by atoms with Gasteiger partial charge in [-0.2, -0.15) is 0 Å². The van der Waals surface area contributed by atoms with Crippen LogP contribution >= 0.6 is 0 Å². The molecule has 7 nitrogen and oxygen atoms in total. The van der Waals surface area contributed by atoms with E-state index in [4.69, 9.17) is 4.74 Å². The molecule has 0 spiro atoms. The summed E-state index contributed by atoms with van der Waals surface area (Å²) in [5.41, 5.74) is 2.14. The van der Waals surface area contributed by atoms with E-state index in [1.165, 1.54) is 0 Å². The smallest absolute Gasteiger partial charge is 0.339 e. The molecular formula is C20H25N3O4. The molecule has 27 heavy (non-hydrogen) atoms. The fourth-order valence-electron chi connectivity index (χ4n) is 2.70. The van der Waals surface area contributed by atoms with Crippen LogP contribution in [0.25, 0.3) is 10.9 Å². The van der Waals surface area contributed by atoms with Crippen LogP contribution in [0.4, 0.5) is 4.79 Å². The maximum Gasteiger partial charge on any atom is 0.339 e. The third-order valence-corrected chi connectivity index (χ3v) is 3.85. The van der Waals surface area contributed by atoms with Crippen LogP contribution in [0.1, 0.15) is 49.3 Å². The van der Waals surface area contributed by atoms with Crippen molar-refractivity contribution in [3.63, 3.8) is 0 Å². The second kappa shape index (κ2) is 8.16. The van der Waals surface area contributed by atoms with Gasteiger partial charge in [0.2, 0.25) is 0 Å². The highest BCUT2D eigenvalue weighted by molar-refractivity contribution is 6.06. The minimum atomic E-state index is -0.697. The van der Waals surface area contributed by atoms with E-state index in [1.807, 2.05) is 32.0 Å². The second-order valence-electron chi connectivity index (χ2n) is 7.26. The van der Waals surface area contributed by atoms with E-state index in [2.05, 4.69) is 15.6 Å². The van der Waals surface area contributed by atoms with Crippen molar-refractivity contribution in [1.82, 2.24) is 15.6 Å². The maximum atomic E-state index is 12.6. The first-order chi connectivity index (χ1) is 12.6. The van der Waals surface area contributed by atoms with Gasteiger partial charge >= 0.3 is 12.0 Å². The van der Waals surface area contributed by atoms with Gasteiger partial charge < -0.3 is 10.1 Å². The van der Waals surface area contributed by atoms with E-state index >= 15 is 0 Å². The van der Waals surface area contributed by atoms with Crippen LogP contribution in [-0.2, 0) is 16.0 Å². The Morgan fingerprint density at radius 3 is 2.44 bits per heavy atom. The predicted octanol–water partition coefficient (Wildman–Crippen LogP) is 2.89. The van der Waals surface area contributed by atoms with Crippen LogP contribution in [0.15, 0.2) is 24.3 Å². The molecule has 7 heteroatoms. The first-order valence-electron chi connectivity index (χ1n) is 8.79. The molecule has 0 aliphatic rings. The lowest BCUT2D eigenvalue weighted by atomic mass is 10.0. The predicted molar refractivity (Wildman–Crippen MR) is 103 cm³/mol. The molecular weight excluding hydrogens is 346 g/mol. The molecule has 0 fully saturated rings. The summed E-state index contributed by atoms with van der Waals surface area (Å²) in [4.78, 5) is 40.8. The van der Waals surface area contributed by atoms with E-state index in [0.29, 0.717) is 22.9 Å². The summed E-state index contributed by atoms with van der Waals surface area (Å²) in [7, 11) is 0. The number of fused-ring (bicyclic) bond motifs is 1. The molecule has 1 heterocycles. The van der Waals surface area contributed by atoms with Gasteiger partial charge in [-0.25, -0.2) is 9.59 Å². The first kappa shape index (κ1) is 20.4. The number of urea groups is 1. The minimum Gasteiger partial charge on any atom is -0.452 e. The number of para-hydroxylation sites is 1. The number of rotatable bonds is 4.